The number of nitrogens with one attached hydrogen (secondary N) is 1. The maximum atomic E-state index is 5.16. The van der Waals surface area contributed by atoms with Crippen LogP contribution in [0.3, 0.4) is 0 Å². The molecule has 1 heterocycles. The van der Waals surface area contributed by atoms with Crippen molar-refractivity contribution in [3.05, 3.63) is 39.8 Å². The molecule has 0 aliphatic heterocycles. The van der Waals surface area contributed by atoms with E-state index in [2.05, 4.69) is 34.6 Å². The summed E-state index contributed by atoms with van der Waals surface area (Å²) in [6.07, 6.45) is 4.16. The summed E-state index contributed by atoms with van der Waals surface area (Å²) in [6, 6.07) is 8.12. The second kappa shape index (κ2) is 8.74. The third-order valence-electron chi connectivity index (χ3n) is 3.19. The number of methoxy groups -OCH3 is 1. The van der Waals surface area contributed by atoms with Gasteiger partial charge in [0, 0.05) is 12.8 Å². The number of benzene rings is 1. The monoisotopic (exact) mass is 305 g/mol. The van der Waals surface area contributed by atoms with Crippen LogP contribution in [0.1, 0.15) is 35.3 Å². The molecule has 0 aliphatic rings. The van der Waals surface area contributed by atoms with Gasteiger partial charge in [-0.3, -0.25) is 0 Å². The van der Waals surface area contributed by atoms with E-state index in [1.807, 2.05) is 12.1 Å². The molecular formula is C16H23N3OS. The molecule has 0 unspecified atom stereocenters. The van der Waals surface area contributed by atoms with Crippen LogP contribution in [-0.4, -0.2) is 30.4 Å². The Morgan fingerprint density at radius 1 is 1.10 bits per heavy atom. The number of hydrogen-bond donors (Lipinski definition) is 1. The van der Waals surface area contributed by atoms with Crippen molar-refractivity contribution in [2.45, 2.75) is 32.6 Å². The van der Waals surface area contributed by atoms with Gasteiger partial charge in [-0.2, -0.15) is 0 Å². The maximum absolute atomic E-state index is 5.16. The standard InChI is InChI=1S/C16H23N3OS/c1-3-10-17-11-4-5-15-18-19-16(21-15)12-13-6-8-14(20-2)9-7-13/h6-9,17H,3-5,10-12H2,1-2H3. The van der Waals surface area contributed by atoms with Crippen molar-refractivity contribution >= 4 is 11.3 Å². The van der Waals surface area contributed by atoms with Gasteiger partial charge < -0.3 is 10.1 Å². The summed E-state index contributed by atoms with van der Waals surface area (Å²) in [5.74, 6) is 0.885. The zero-order valence-electron chi connectivity index (χ0n) is 12.8. The van der Waals surface area contributed by atoms with Gasteiger partial charge in [-0.1, -0.05) is 19.1 Å². The van der Waals surface area contributed by atoms with E-state index in [-0.39, 0.29) is 0 Å². The molecule has 0 aliphatic carbocycles. The molecule has 1 aromatic carbocycles. The van der Waals surface area contributed by atoms with E-state index in [1.54, 1.807) is 18.4 Å². The number of nitrogens with zero attached hydrogens (tertiary/aromatic N) is 2. The quantitative estimate of drug-likeness (QED) is 0.723. The molecule has 2 rings (SSSR count). The van der Waals surface area contributed by atoms with Crippen LogP contribution in [0.5, 0.6) is 5.75 Å². The van der Waals surface area contributed by atoms with Crippen LogP contribution in [0.2, 0.25) is 0 Å². The van der Waals surface area contributed by atoms with Crippen LogP contribution in [-0.2, 0) is 12.8 Å². The van der Waals surface area contributed by atoms with E-state index in [4.69, 9.17) is 4.74 Å². The molecule has 0 amide bonds. The minimum absolute atomic E-state index is 0.843. The normalized spacial score (nSPS) is 10.8. The smallest absolute Gasteiger partial charge is 0.121 e. The topological polar surface area (TPSA) is 47.0 Å². The highest BCUT2D eigenvalue weighted by atomic mass is 32.1. The number of rotatable bonds is 9. The van der Waals surface area contributed by atoms with Crippen molar-refractivity contribution in [1.82, 2.24) is 15.5 Å². The highest BCUT2D eigenvalue weighted by molar-refractivity contribution is 7.11. The summed E-state index contributed by atoms with van der Waals surface area (Å²) >= 11 is 1.72. The van der Waals surface area contributed by atoms with Gasteiger partial charge in [0.1, 0.15) is 15.8 Å². The molecule has 0 spiro atoms. The Labute approximate surface area is 130 Å². The first kappa shape index (κ1) is 15.9. The summed E-state index contributed by atoms with van der Waals surface area (Å²) in [7, 11) is 1.68. The molecule has 0 radical (unpaired) electrons. The third kappa shape index (κ3) is 5.44. The van der Waals surface area contributed by atoms with Crippen molar-refractivity contribution in [3.8, 4) is 5.75 Å². The van der Waals surface area contributed by atoms with E-state index in [9.17, 15) is 0 Å². The fourth-order valence-corrected chi connectivity index (χ4v) is 2.97. The fraction of sp³-hybridized carbons (Fsp3) is 0.500. The predicted molar refractivity (Wildman–Crippen MR) is 87.2 cm³/mol. The van der Waals surface area contributed by atoms with E-state index < -0.39 is 0 Å². The van der Waals surface area contributed by atoms with Crippen LogP contribution in [0.15, 0.2) is 24.3 Å². The van der Waals surface area contributed by atoms with Gasteiger partial charge >= 0.3 is 0 Å². The van der Waals surface area contributed by atoms with Crippen molar-refractivity contribution in [3.63, 3.8) is 0 Å². The van der Waals surface area contributed by atoms with Gasteiger partial charge in [0.2, 0.25) is 0 Å². The first-order valence-electron chi connectivity index (χ1n) is 7.46. The lowest BCUT2D eigenvalue weighted by Crippen LogP contribution is -2.16. The first-order valence-corrected chi connectivity index (χ1v) is 8.28. The molecule has 2 aromatic rings. The molecule has 4 nitrogen and oxygen atoms in total. The zero-order valence-corrected chi connectivity index (χ0v) is 13.6. The molecular weight excluding hydrogens is 282 g/mol. The average molecular weight is 305 g/mol. The Morgan fingerprint density at radius 2 is 1.86 bits per heavy atom. The number of aromatic nitrogens is 2. The molecule has 114 valence electrons. The van der Waals surface area contributed by atoms with Gasteiger partial charge in [-0.25, -0.2) is 0 Å². The molecule has 0 bridgehead atoms. The van der Waals surface area contributed by atoms with E-state index in [0.717, 1.165) is 48.1 Å². The largest absolute Gasteiger partial charge is 0.497 e. The van der Waals surface area contributed by atoms with Crippen molar-refractivity contribution in [2.24, 2.45) is 0 Å². The van der Waals surface area contributed by atoms with Crippen LogP contribution >= 0.6 is 11.3 Å². The molecule has 0 fully saturated rings. The van der Waals surface area contributed by atoms with Crippen molar-refractivity contribution < 1.29 is 4.74 Å². The Bertz CT molecular complexity index is 525. The highest BCUT2D eigenvalue weighted by Gasteiger charge is 2.05. The Balaban J connectivity index is 1.79. The lowest BCUT2D eigenvalue weighted by Gasteiger charge is -2.01. The summed E-state index contributed by atoms with van der Waals surface area (Å²) < 4.78 is 5.16. The van der Waals surface area contributed by atoms with Crippen LogP contribution < -0.4 is 10.1 Å². The van der Waals surface area contributed by atoms with Gasteiger partial charge in [-0.15, -0.1) is 21.5 Å². The van der Waals surface area contributed by atoms with Crippen LogP contribution in [0.4, 0.5) is 0 Å². The summed E-state index contributed by atoms with van der Waals surface area (Å²) in [4.78, 5) is 0. The second-order valence-corrected chi connectivity index (χ2v) is 6.11. The average Bonchev–Trinajstić information content (AvgIpc) is 2.95. The first-order chi connectivity index (χ1) is 10.3. The van der Waals surface area contributed by atoms with E-state index >= 15 is 0 Å². The van der Waals surface area contributed by atoms with Crippen LogP contribution in [0.25, 0.3) is 0 Å². The predicted octanol–water partition coefficient (Wildman–Crippen LogP) is 3.07. The molecule has 21 heavy (non-hydrogen) atoms. The molecule has 0 saturated carbocycles. The highest BCUT2D eigenvalue weighted by Crippen LogP contribution is 2.18. The molecule has 0 atom stereocenters. The lowest BCUT2D eigenvalue weighted by molar-refractivity contribution is 0.414. The summed E-state index contributed by atoms with van der Waals surface area (Å²) in [5.41, 5.74) is 1.24. The maximum Gasteiger partial charge on any atom is 0.121 e. The van der Waals surface area contributed by atoms with Gasteiger partial charge in [0.15, 0.2) is 0 Å². The number of hydrogen-bond acceptors (Lipinski definition) is 5. The minimum atomic E-state index is 0.843. The number of ether oxygens (including phenoxy) is 1. The second-order valence-electron chi connectivity index (χ2n) is 4.97. The fourth-order valence-electron chi connectivity index (χ4n) is 2.05. The molecule has 1 aromatic heterocycles. The van der Waals surface area contributed by atoms with E-state index in [0.29, 0.717) is 0 Å². The van der Waals surface area contributed by atoms with Gasteiger partial charge in [0.25, 0.3) is 0 Å². The SMILES string of the molecule is CCCNCCCc1nnc(Cc2ccc(OC)cc2)s1. The van der Waals surface area contributed by atoms with E-state index in [1.165, 1.54) is 12.0 Å². The van der Waals surface area contributed by atoms with Gasteiger partial charge in [-0.05, 0) is 43.6 Å². The minimum Gasteiger partial charge on any atom is -0.497 e. The summed E-state index contributed by atoms with van der Waals surface area (Å²) in [6.45, 7) is 4.34. The Kier molecular flexibility index (Phi) is 6.63. The molecule has 1 N–H and O–H groups in total. The zero-order chi connectivity index (χ0) is 14.9. The Hall–Kier alpha value is -1.46. The lowest BCUT2D eigenvalue weighted by atomic mass is 10.1. The Morgan fingerprint density at radius 3 is 2.57 bits per heavy atom. The third-order valence-corrected chi connectivity index (χ3v) is 4.18. The molecule has 0 saturated heterocycles. The van der Waals surface area contributed by atoms with Crippen LogP contribution in [0, 0.1) is 0 Å². The van der Waals surface area contributed by atoms with Crippen molar-refractivity contribution in [2.75, 3.05) is 20.2 Å². The van der Waals surface area contributed by atoms with Crippen molar-refractivity contribution in [1.29, 1.82) is 0 Å². The molecule has 5 heteroatoms. The van der Waals surface area contributed by atoms with Gasteiger partial charge in [0.05, 0.1) is 7.11 Å². The summed E-state index contributed by atoms with van der Waals surface area (Å²) in [5, 5.41) is 14.2. The number of aryl methyl sites for hydroxylation is 1.